The molecule has 0 aliphatic carbocycles. The molecule has 3 aromatic carbocycles. The van der Waals surface area contributed by atoms with Gasteiger partial charge in [0.05, 0.1) is 0 Å². The first-order chi connectivity index (χ1) is 11.0. The minimum atomic E-state index is -2.02. The largest absolute Gasteiger partial charge is 0.0826 e. The molecule has 0 N–H and O–H groups in total. The molecule has 0 aromatic heterocycles. The maximum atomic E-state index is 6.39. The van der Waals surface area contributed by atoms with Crippen molar-refractivity contribution in [3.8, 4) is 0 Å². The van der Waals surface area contributed by atoms with Crippen LogP contribution in [0.1, 0.15) is 16.7 Å². The van der Waals surface area contributed by atoms with Gasteiger partial charge in [0.2, 0.25) is 0 Å². The minimum absolute atomic E-state index is 1.26. The maximum Gasteiger partial charge on any atom is 0.0382 e. The molecule has 116 valence electrons. The lowest BCUT2D eigenvalue weighted by Gasteiger charge is -2.26. The van der Waals surface area contributed by atoms with Crippen LogP contribution in [0.2, 0.25) is 0 Å². The van der Waals surface area contributed by atoms with E-state index in [-0.39, 0.29) is 0 Å². The second-order valence-corrected chi connectivity index (χ2v) is 10.4. The van der Waals surface area contributed by atoms with Crippen LogP contribution in [0.25, 0.3) is 0 Å². The predicted molar refractivity (Wildman–Crippen MR) is 107 cm³/mol. The molecule has 0 radical (unpaired) electrons. The Labute approximate surface area is 144 Å². The van der Waals surface area contributed by atoms with Gasteiger partial charge in [-0.05, 0) is 42.2 Å². The van der Waals surface area contributed by atoms with Crippen molar-refractivity contribution in [2.45, 2.75) is 20.8 Å². The van der Waals surface area contributed by atoms with Gasteiger partial charge < -0.3 is 0 Å². The van der Waals surface area contributed by atoms with Gasteiger partial charge in [0.15, 0.2) is 0 Å². The van der Waals surface area contributed by atoms with Gasteiger partial charge in [0, 0.05) is 6.04 Å². The van der Waals surface area contributed by atoms with E-state index in [9.17, 15) is 0 Å². The summed E-state index contributed by atoms with van der Waals surface area (Å²) in [4.78, 5) is 0. The van der Waals surface area contributed by atoms with E-state index in [0.717, 1.165) is 0 Å². The summed E-state index contributed by atoms with van der Waals surface area (Å²) in [5, 5.41) is 3.82. The molecular weight excluding hydrogens is 315 g/mol. The molecule has 0 aliphatic heterocycles. The Hall–Kier alpha value is -1.69. The van der Waals surface area contributed by atoms with Gasteiger partial charge in [-0.1, -0.05) is 95.7 Å². The Bertz CT molecular complexity index is 812. The molecule has 0 atom stereocenters. The zero-order valence-corrected chi connectivity index (χ0v) is 15.5. The summed E-state index contributed by atoms with van der Waals surface area (Å²) in [5.74, 6) is 0. The van der Waals surface area contributed by atoms with Crippen molar-refractivity contribution < 1.29 is 0 Å². The molecule has 0 heterocycles. The van der Waals surface area contributed by atoms with Crippen molar-refractivity contribution >= 4 is 33.8 Å². The van der Waals surface area contributed by atoms with E-state index in [4.69, 9.17) is 11.8 Å². The third kappa shape index (κ3) is 3.04. The summed E-state index contributed by atoms with van der Waals surface area (Å²) in [6.07, 6.45) is 0. The average Bonchev–Trinajstić information content (AvgIpc) is 2.56. The van der Waals surface area contributed by atoms with Crippen molar-refractivity contribution in [3.05, 3.63) is 89.5 Å². The van der Waals surface area contributed by atoms with E-state index in [2.05, 4.69) is 93.6 Å². The Morgan fingerprint density at radius 3 is 1.48 bits per heavy atom. The Kier molecular flexibility index (Phi) is 4.53. The number of benzene rings is 3. The second-order valence-electron chi connectivity index (χ2n) is 6.07. The minimum Gasteiger partial charge on any atom is -0.0826 e. The topological polar surface area (TPSA) is 0 Å². The number of aryl methyl sites for hydroxylation is 3. The number of rotatable bonds is 3. The summed E-state index contributed by atoms with van der Waals surface area (Å²) in [6, 6.07) is 24.1. The van der Waals surface area contributed by atoms with Crippen LogP contribution < -0.4 is 15.9 Å². The Morgan fingerprint density at radius 1 is 0.609 bits per heavy atom. The smallest absolute Gasteiger partial charge is 0.0382 e. The molecule has 0 saturated heterocycles. The van der Waals surface area contributed by atoms with Gasteiger partial charge in [-0.2, -0.15) is 0 Å². The first-order valence-electron chi connectivity index (χ1n) is 7.82. The van der Waals surface area contributed by atoms with Gasteiger partial charge in [-0.25, -0.2) is 0 Å². The summed E-state index contributed by atoms with van der Waals surface area (Å²) in [5.41, 5.74) is 3.81. The quantitative estimate of drug-likeness (QED) is 0.640. The van der Waals surface area contributed by atoms with E-state index in [1.54, 1.807) is 0 Å². The highest BCUT2D eigenvalue weighted by Crippen LogP contribution is 2.43. The molecule has 0 amide bonds. The van der Waals surface area contributed by atoms with E-state index < -0.39 is 6.04 Å². The van der Waals surface area contributed by atoms with Crippen LogP contribution in [0, 0.1) is 20.8 Å². The number of hydrogen-bond donors (Lipinski definition) is 0. The lowest BCUT2D eigenvalue weighted by atomic mass is 10.2. The number of hydrogen-bond acceptors (Lipinski definition) is 1. The predicted octanol–water partition coefficient (Wildman–Crippen LogP) is 4.37. The fraction of sp³-hybridized carbons (Fsp3) is 0.143. The normalized spacial score (nSPS) is 11.4. The molecule has 0 nitrogen and oxygen atoms in total. The standard InChI is InChI=1S/C21H21PS/c1-16-8-12-19(13-9-16)22(23,20-14-10-17(2)11-15-20)21-7-5-4-6-18(21)3/h4-15H,1-3H3. The van der Waals surface area contributed by atoms with Gasteiger partial charge in [0.1, 0.15) is 0 Å². The molecule has 0 fully saturated rings. The van der Waals surface area contributed by atoms with Crippen molar-refractivity contribution in [1.29, 1.82) is 0 Å². The molecule has 3 aromatic rings. The van der Waals surface area contributed by atoms with Crippen LogP contribution in [0.3, 0.4) is 0 Å². The van der Waals surface area contributed by atoms with Gasteiger partial charge in [-0.15, -0.1) is 0 Å². The van der Waals surface area contributed by atoms with Crippen molar-refractivity contribution in [2.24, 2.45) is 0 Å². The SMILES string of the molecule is Cc1ccc(P(=S)(c2ccc(C)cc2)c2ccccc2C)cc1. The highest BCUT2D eigenvalue weighted by atomic mass is 32.4. The van der Waals surface area contributed by atoms with E-state index >= 15 is 0 Å². The fourth-order valence-electron chi connectivity index (χ4n) is 2.85. The third-order valence-corrected chi connectivity index (χ3v) is 9.34. The first-order valence-corrected chi connectivity index (χ1v) is 10.6. The van der Waals surface area contributed by atoms with Crippen molar-refractivity contribution in [3.63, 3.8) is 0 Å². The molecule has 0 spiro atoms. The second kappa shape index (κ2) is 6.43. The highest BCUT2D eigenvalue weighted by Gasteiger charge is 2.25. The van der Waals surface area contributed by atoms with Gasteiger partial charge in [-0.3, -0.25) is 0 Å². The monoisotopic (exact) mass is 336 g/mol. The van der Waals surface area contributed by atoms with Crippen LogP contribution in [-0.4, -0.2) is 0 Å². The van der Waals surface area contributed by atoms with E-state index in [1.807, 2.05) is 0 Å². The van der Waals surface area contributed by atoms with Crippen LogP contribution in [0.15, 0.2) is 72.8 Å². The summed E-state index contributed by atoms with van der Waals surface area (Å²) < 4.78 is 0. The Morgan fingerprint density at radius 2 is 1.04 bits per heavy atom. The molecule has 2 heteroatoms. The first kappa shape index (κ1) is 16.2. The maximum absolute atomic E-state index is 6.39. The molecule has 3 rings (SSSR count). The third-order valence-electron chi connectivity index (χ3n) is 4.25. The molecule has 0 unspecified atom stereocenters. The lowest BCUT2D eigenvalue weighted by Crippen LogP contribution is -2.26. The molecule has 23 heavy (non-hydrogen) atoms. The average molecular weight is 336 g/mol. The van der Waals surface area contributed by atoms with Gasteiger partial charge >= 0.3 is 0 Å². The summed E-state index contributed by atoms with van der Waals surface area (Å²) >= 11 is 6.39. The summed E-state index contributed by atoms with van der Waals surface area (Å²) in [6.45, 7) is 6.40. The molecular formula is C21H21PS. The van der Waals surface area contributed by atoms with Crippen LogP contribution in [0.5, 0.6) is 0 Å². The fourth-order valence-corrected chi connectivity index (χ4v) is 7.06. The van der Waals surface area contributed by atoms with Crippen LogP contribution in [0.4, 0.5) is 0 Å². The van der Waals surface area contributed by atoms with Crippen LogP contribution >= 0.6 is 6.04 Å². The Balaban J connectivity index is 2.29. The highest BCUT2D eigenvalue weighted by molar-refractivity contribution is 8.25. The summed E-state index contributed by atoms with van der Waals surface area (Å²) in [7, 11) is 0. The van der Waals surface area contributed by atoms with E-state index in [1.165, 1.54) is 32.6 Å². The van der Waals surface area contributed by atoms with Crippen LogP contribution in [-0.2, 0) is 11.8 Å². The molecule has 0 saturated carbocycles. The van der Waals surface area contributed by atoms with Crippen molar-refractivity contribution in [2.75, 3.05) is 0 Å². The zero-order chi connectivity index (χ0) is 16.4. The lowest BCUT2D eigenvalue weighted by molar-refractivity contribution is 1.48. The van der Waals surface area contributed by atoms with Gasteiger partial charge in [0.25, 0.3) is 0 Å². The molecule has 0 bridgehead atoms. The van der Waals surface area contributed by atoms with E-state index in [0.29, 0.717) is 0 Å². The zero-order valence-electron chi connectivity index (χ0n) is 13.8. The molecule has 0 aliphatic rings. The van der Waals surface area contributed by atoms with Crippen molar-refractivity contribution in [1.82, 2.24) is 0 Å².